The molecule has 2 atom stereocenters. The summed E-state index contributed by atoms with van der Waals surface area (Å²) in [7, 11) is 7.84. The lowest BCUT2D eigenvalue weighted by Gasteiger charge is -2.29. The lowest BCUT2D eigenvalue weighted by atomic mass is 10.0. The van der Waals surface area contributed by atoms with Crippen LogP contribution in [0.25, 0.3) is 0 Å². The lowest BCUT2D eigenvalue weighted by Crippen LogP contribution is -2.41. The first-order chi connectivity index (χ1) is 6.49. The average Bonchev–Trinajstić information content (AvgIpc) is 2.09. The van der Waals surface area contributed by atoms with Gasteiger partial charge in [-0.1, -0.05) is 0 Å². The van der Waals surface area contributed by atoms with Crippen molar-refractivity contribution in [2.24, 2.45) is 0 Å². The number of hydrogen-bond donors (Lipinski definition) is 2. The van der Waals surface area contributed by atoms with Crippen molar-refractivity contribution in [3.63, 3.8) is 0 Å². The Balaban J connectivity index is 3.94. The van der Waals surface area contributed by atoms with E-state index in [1.165, 1.54) is 0 Å². The van der Waals surface area contributed by atoms with Gasteiger partial charge < -0.3 is 20.0 Å². The molecule has 0 aromatic rings. The van der Waals surface area contributed by atoms with Crippen molar-refractivity contribution in [1.29, 1.82) is 0 Å². The number of likely N-dealkylation sites (N-methyl/N-ethyl adjacent to an activating group) is 1. The van der Waals surface area contributed by atoms with E-state index in [9.17, 15) is 5.11 Å². The van der Waals surface area contributed by atoms with Gasteiger partial charge in [-0.2, -0.15) is 0 Å². The molecule has 0 saturated heterocycles. The number of aliphatic hydroxyl groups excluding tert-OH is 2. The highest BCUT2D eigenvalue weighted by atomic mass is 16.3. The number of nitrogens with zero attached hydrogens (tertiary/aromatic N) is 2. The minimum Gasteiger partial charge on any atom is -0.396 e. The third-order valence-corrected chi connectivity index (χ3v) is 2.40. The number of rotatable bonds is 7. The molecule has 0 spiro atoms. The fraction of sp³-hybridized carbons (Fsp3) is 1.00. The van der Waals surface area contributed by atoms with Crippen LogP contribution in [0, 0.1) is 0 Å². The summed E-state index contributed by atoms with van der Waals surface area (Å²) in [4.78, 5) is 4.02. The predicted octanol–water partition coefficient (Wildman–Crippen LogP) is -0.388. The molecular weight excluding hydrogens is 180 g/mol. The zero-order valence-corrected chi connectivity index (χ0v) is 9.77. The molecule has 0 unspecified atom stereocenters. The van der Waals surface area contributed by atoms with Crippen LogP contribution in [-0.2, 0) is 0 Å². The lowest BCUT2D eigenvalue weighted by molar-refractivity contribution is 0.0492. The smallest absolute Gasteiger partial charge is 0.0708 e. The Morgan fingerprint density at radius 2 is 1.64 bits per heavy atom. The first-order valence-corrected chi connectivity index (χ1v) is 5.09. The van der Waals surface area contributed by atoms with Crippen LogP contribution in [0.3, 0.4) is 0 Å². The highest BCUT2D eigenvalue weighted by molar-refractivity contribution is 4.75. The van der Waals surface area contributed by atoms with Crippen molar-refractivity contribution in [2.75, 3.05) is 41.3 Å². The summed E-state index contributed by atoms with van der Waals surface area (Å²) >= 11 is 0. The molecule has 0 rings (SSSR count). The minimum absolute atomic E-state index is 0.0555. The van der Waals surface area contributed by atoms with Crippen LogP contribution in [0.4, 0.5) is 0 Å². The molecule has 86 valence electrons. The Morgan fingerprint density at radius 3 is 2.00 bits per heavy atom. The molecule has 14 heavy (non-hydrogen) atoms. The van der Waals surface area contributed by atoms with Gasteiger partial charge in [0, 0.05) is 19.2 Å². The molecule has 0 amide bonds. The Bertz CT molecular complexity index is 140. The third-order valence-electron chi connectivity index (χ3n) is 2.40. The fourth-order valence-corrected chi connectivity index (χ4v) is 1.51. The summed E-state index contributed by atoms with van der Waals surface area (Å²) < 4.78 is 0. The zero-order chi connectivity index (χ0) is 11.1. The molecule has 0 bridgehead atoms. The first-order valence-electron chi connectivity index (χ1n) is 5.09. The second kappa shape index (κ2) is 7.17. The molecule has 0 aliphatic rings. The van der Waals surface area contributed by atoms with Gasteiger partial charge in [-0.25, -0.2) is 0 Å². The average molecular weight is 204 g/mol. The molecule has 2 N–H and O–H groups in total. The van der Waals surface area contributed by atoms with Gasteiger partial charge in [-0.15, -0.1) is 0 Å². The van der Waals surface area contributed by atoms with Gasteiger partial charge in [0.15, 0.2) is 0 Å². The third kappa shape index (κ3) is 5.54. The van der Waals surface area contributed by atoms with Crippen molar-refractivity contribution >= 4 is 0 Å². The van der Waals surface area contributed by atoms with E-state index in [2.05, 4.69) is 4.90 Å². The second-order valence-electron chi connectivity index (χ2n) is 4.20. The zero-order valence-electron chi connectivity index (χ0n) is 9.77. The summed E-state index contributed by atoms with van der Waals surface area (Å²) in [6, 6.07) is 0.0555. The van der Waals surface area contributed by atoms with Crippen molar-refractivity contribution in [3.05, 3.63) is 0 Å². The molecule has 0 aromatic carbocycles. The summed E-state index contributed by atoms with van der Waals surface area (Å²) in [6.45, 7) is 0.999. The number of hydrogen-bond acceptors (Lipinski definition) is 4. The Kier molecular flexibility index (Phi) is 7.09. The van der Waals surface area contributed by atoms with Gasteiger partial charge >= 0.3 is 0 Å². The summed E-state index contributed by atoms with van der Waals surface area (Å²) in [6.07, 6.45) is 1.01. The van der Waals surface area contributed by atoms with E-state index < -0.39 is 0 Å². The van der Waals surface area contributed by atoms with Crippen molar-refractivity contribution in [1.82, 2.24) is 9.80 Å². The maximum absolute atomic E-state index is 9.88. The Labute approximate surface area is 87.1 Å². The molecule has 0 aliphatic heterocycles. The quantitative estimate of drug-likeness (QED) is 0.593. The molecule has 4 heteroatoms. The molecule has 4 nitrogen and oxygen atoms in total. The highest BCUT2D eigenvalue weighted by Crippen LogP contribution is 2.08. The molecule has 0 aromatic heterocycles. The fourth-order valence-electron chi connectivity index (χ4n) is 1.51. The van der Waals surface area contributed by atoms with Gasteiger partial charge in [0.05, 0.1) is 6.10 Å². The molecular formula is C10H24N2O2. The van der Waals surface area contributed by atoms with E-state index in [1.54, 1.807) is 0 Å². The van der Waals surface area contributed by atoms with Gasteiger partial charge in [0.2, 0.25) is 0 Å². The maximum Gasteiger partial charge on any atom is 0.0708 e. The van der Waals surface area contributed by atoms with Crippen molar-refractivity contribution in [2.45, 2.75) is 25.0 Å². The largest absolute Gasteiger partial charge is 0.396 e. The van der Waals surface area contributed by atoms with Gasteiger partial charge in [-0.3, -0.25) is 0 Å². The Morgan fingerprint density at radius 1 is 1.07 bits per heavy atom. The van der Waals surface area contributed by atoms with E-state index in [0.29, 0.717) is 6.42 Å². The van der Waals surface area contributed by atoms with Crippen LogP contribution < -0.4 is 0 Å². The monoisotopic (exact) mass is 204 g/mol. The van der Waals surface area contributed by atoms with Crippen molar-refractivity contribution in [3.8, 4) is 0 Å². The SMILES string of the molecule is CN(C)CC[C@@H](O)[C@H](CCO)N(C)C. The van der Waals surface area contributed by atoms with Gasteiger partial charge in [0.25, 0.3) is 0 Å². The molecule has 0 radical (unpaired) electrons. The summed E-state index contributed by atoms with van der Waals surface area (Å²) in [5.74, 6) is 0. The maximum atomic E-state index is 9.88. The van der Waals surface area contributed by atoms with E-state index in [-0.39, 0.29) is 18.8 Å². The standard InChI is InChI=1S/C10H24N2O2/c1-11(2)7-5-10(14)9(6-8-13)12(3)4/h9-10,13-14H,5-8H2,1-4H3/t9-,10+/m0/s1. The highest BCUT2D eigenvalue weighted by Gasteiger charge is 2.20. The van der Waals surface area contributed by atoms with Crippen LogP contribution in [0.1, 0.15) is 12.8 Å². The predicted molar refractivity (Wildman–Crippen MR) is 58.4 cm³/mol. The summed E-state index contributed by atoms with van der Waals surface area (Å²) in [5, 5.41) is 18.7. The summed E-state index contributed by atoms with van der Waals surface area (Å²) in [5.41, 5.74) is 0. The minimum atomic E-state index is -0.362. The van der Waals surface area contributed by atoms with Crippen LogP contribution in [0.15, 0.2) is 0 Å². The van der Waals surface area contributed by atoms with E-state index >= 15 is 0 Å². The second-order valence-corrected chi connectivity index (χ2v) is 4.20. The van der Waals surface area contributed by atoms with Crippen molar-refractivity contribution < 1.29 is 10.2 Å². The molecule has 0 heterocycles. The molecule has 0 fully saturated rings. The Hall–Kier alpha value is -0.160. The van der Waals surface area contributed by atoms with Crippen LogP contribution >= 0.6 is 0 Å². The number of aliphatic hydroxyl groups is 2. The topological polar surface area (TPSA) is 46.9 Å². The van der Waals surface area contributed by atoms with E-state index in [0.717, 1.165) is 13.0 Å². The van der Waals surface area contributed by atoms with Crippen LogP contribution in [-0.4, -0.2) is 73.5 Å². The normalized spacial score (nSPS) is 16.3. The van der Waals surface area contributed by atoms with E-state index in [4.69, 9.17) is 5.11 Å². The van der Waals surface area contributed by atoms with Crippen LogP contribution in [0.5, 0.6) is 0 Å². The molecule has 0 aliphatic carbocycles. The van der Waals surface area contributed by atoms with Gasteiger partial charge in [-0.05, 0) is 41.0 Å². The van der Waals surface area contributed by atoms with Gasteiger partial charge in [0.1, 0.15) is 0 Å². The molecule has 0 saturated carbocycles. The first kappa shape index (κ1) is 13.8. The van der Waals surface area contributed by atoms with E-state index in [1.807, 2.05) is 33.1 Å². The van der Waals surface area contributed by atoms with Crippen LogP contribution in [0.2, 0.25) is 0 Å².